The number of amides is 1. The lowest BCUT2D eigenvalue weighted by Gasteiger charge is -2.17. The Hall–Kier alpha value is -1.49. The van der Waals surface area contributed by atoms with E-state index in [1.165, 1.54) is 17.8 Å². The average Bonchev–Trinajstić information content (AvgIpc) is 2.26. The van der Waals surface area contributed by atoms with Crippen molar-refractivity contribution in [3.8, 4) is 0 Å². The fourth-order valence-corrected chi connectivity index (χ4v) is 1.88. The number of thioether (sulfide) groups is 1. The monoisotopic (exact) mass is 267 g/mol. The number of para-hydroxylation sites is 1. The van der Waals surface area contributed by atoms with E-state index in [2.05, 4.69) is 5.32 Å². The molecule has 0 unspecified atom stereocenters. The first-order valence-electron chi connectivity index (χ1n) is 5.56. The molecule has 0 bridgehead atoms. The molecule has 18 heavy (non-hydrogen) atoms. The molecule has 98 valence electrons. The lowest BCUT2D eigenvalue weighted by atomic mass is 10.2. The van der Waals surface area contributed by atoms with Crippen LogP contribution < -0.4 is 5.32 Å². The van der Waals surface area contributed by atoms with E-state index in [4.69, 9.17) is 5.11 Å². The van der Waals surface area contributed by atoms with Crippen LogP contribution in [0.2, 0.25) is 0 Å². The van der Waals surface area contributed by atoms with Crippen molar-refractivity contribution in [2.24, 2.45) is 0 Å². The maximum Gasteiger partial charge on any atom is 0.337 e. The molecule has 1 rings (SSSR count). The summed E-state index contributed by atoms with van der Waals surface area (Å²) in [6.07, 6.45) is 0. The molecule has 0 aliphatic carbocycles. The van der Waals surface area contributed by atoms with Gasteiger partial charge in [-0.15, -0.1) is 11.8 Å². The van der Waals surface area contributed by atoms with Gasteiger partial charge < -0.3 is 10.4 Å². The van der Waals surface area contributed by atoms with Gasteiger partial charge in [-0.05, 0) is 12.1 Å². The van der Waals surface area contributed by atoms with E-state index in [0.717, 1.165) is 0 Å². The summed E-state index contributed by atoms with van der Waals surface area (Å²) in [7, 11) is 0. The zero-order valence-corrected chi connectivity index (χ0v) is 11.5. The van der Waals surface area contributed by atoms with Crippen molar-refractivity contribution >= 4 is 29.3 Å². The Morgan fingerprint density at radius 3 is 2.44 bits per heavy atom. The number of rotatable bonds is 4. The third kappa shape index (κ3) is 4.79. The highest BCUT2D eigenvalue weighted by molar-refractivity contribution is 8.01. The molecule has 0 fully saturated rings. The fraction of sp³-hybridized carbons (Fsp3) is 0.385. The molecule has 0 aromatic heterocycles. The van der Waals surface area contributed by atoms with Gasteiger partial charge in [0.05, 0.1) is 17.0 Å². The topological polar surface area (TPSA) is 66.4 Å². The highest BCUT2D eigenvalue weighted by Crippen LogP contribution is 2.23. The molecule has 2 N–H and O–H groups in total. The van der Waals surface area contributed by atoms with Crippen molar-refractivity contribution in [3.63, 3.8) is 0 Å². The van der Waals surface area contributed by atoms with Crippen LogP contribution in [0, 0.1) is 0 Å². The molecule has 5 heteroatoms. The Labute approximate surface area is 111 Å². The minimum atomic E-state index is -1.05. The summed E-state index contributed by atoms with van der Waals surface area (Å²) < 4.78 is 0.00363. The quantitative estimate of drug-likeness (QED) is 0.880. The number of hydrogen-bond acceptors (Lipinski definition) is 3. The van der Waals surface area contributed by atoms with Gasteiger partial charge >= 0.3 is 5.97 Å². The van der Waals surface area contributed by atoms with E-state index >= 15 is 0 Å². The van der Waals surface area contributed by atoms with Gasteiger partial charge in [0.2, 0.25) is 5.91 Å². The van der Waals surface area contributed by atoms with E-state index < -0.39 is 5.97 Å². The second kappa shape index (κ2) is 5.91. The summed E-state index contributed by atoms with van der Waals surface area (Å²) in [4.78, 5) is 22.7. The van der Waals surface area contributed by atoms with Crippen LogP contribution in [0.5, 0.6) is 0 Å². The molecule has 1 amide bonds. The number of carboxylic acids is 1. The molecule has 4 nitrogen and oxygen atoms in total. The van der Waals surface area contributed by atoms with Gasteiger partial charge in [0.25, 0.3) is 0 Å². The Balaban J connectivity index is 2.68. The third-order valence-electron chi connectivity index (χ3n) is 2.07. The van der Waals surface area contributed by atoms with Gasteiger partial charge in [-0.3, -0.25) is 4.79 Å². The summed E-state index contributed by atoms with van der Waals surface area (Å²) in [5.41, 5.74) is 0.441. The molecule has 0 saturated carbocycles. The van der Waals surface area contributed by atoms with Gasteiger partial charge in [-0.1, -0.05) is 32.9 Å². The summed E-state index contributed by atoms with van der Waals surface area (Å²) in [5.74, 6) is -0.935. The molecular weight excluding hydrogens is 250 g/mol. The van der Waals surface area contributed by atoms with Crippen LogP contribution in [-0.2, 0) is 4.79 Å². The molecule has 1 aromatic carbocycles. The largest absolute Gasteiger partial charge is 0.478 e. The summed E-state index contributed by atoms with van der Waals surface area (Å²) >= 11 is 1.52. The van der Waals surface area contributed by atoms with Crippen LogP contribution in [-0.4, -0.2) is 27.5 Å². The molecule has 0 aliphatic heterocycles. The molecule has 0 radical (unpaired) electrons. The first kappa shape index (κ1) is 14.6. The smallest absolute Gasteiger partial charge is 0.337 e. The molecule has 0 heterocycles. The Morgan fingerprint density at radius 1 is 1.28 bits per heavy atom. The third-order valence-corrected chi connectivity index (χ3v) is 3.34. The van der Waals surface area contributed by atoms with Crippen LogP contribution in [0.25, 0.3) is 0 Å². The van der Waals surface area contributed by atoms with Crippen LogP contribution >= 0.6 is 11.8 Å². The van der Waals surface area contributed by atoms with E-state index in [0.29, 0.717) is 11.4 Å². The van der Waals surface area contributed by atoms with E-state index in [9.17, 15) is 9.59 Å². The molecular formula is C13H17NO3S. The first-order valence-corrected chi connectivity index (χ1v) is 6.54. The van der Waals surface area contributed by atoms with Crippen molar-refractivity contribution < 1.29 is 14.7 Å². The van der Waals surface area contributed by atoms with Gasteiger partial charge in [-0.25, -0.2) is 4.79 Å². The highest BCUT2D eigenvalue weighted by Gasteiger charge is 2.15. The van der Waals surface area contributed by atoms with Crippen molar-refractivity contribution in [1.82, 2.24) is 0 Å². The number of anilines is 1. The van der Waals surface area contributed by atoms with E-state index in [1.807, 2.05) is 20.8 Å². The first-order chi connectivity index (χ1) is 8.29. The second-order valence-corrected chi connectivity index (χ2v) is 6.60. The standard InChI is InChI=1S/C13H17NO3S/c1-13(2,3)18-8-11(15)14-10-7-5-4-6-9(10)12(16)17/h4-7H,8H2,1-3H3,(H,14,15)(H,16,17). The molecule has 0 aliphatic rings. The predicted molar refractivity (Wildman–Crippen MR) is 74.2 cm³/mol. The van der Waals surface area contributed by atoms with Crippen molar-refractivity contribution in [3.05, 3.63) is 29.8 Å². The summed E-state index contributed by atoms with van der Waals surface area (Å²) in [6, 6.07) is 6.37. The van der Waals surface area contributed by atoms with Gasteiger partial charge in [0.1, 0.15) is 0 Å². The highest BCUT2D eigenvalue weighted by atomic mass is 32.2. The lowest BCUT2D eigenvalue weighted by molar-refractivity contribution is -0.113. The van der Waals surface area contributed by atoms with E-state index in [-0.39, 0.29) is 16.2 Å². The van der Waals surface area contributed by atoms with Gasteiger partial charge in [-0.2, -0.15) is 0 Å². The number of carbonyl (C=O) groups is 2. The maximum atomic E-state index is 11.7. The second-order valence-electron chi connectivity index (χ2n) is 4.80. The number of nitrogens with one attached hydrogen (secondary N) is 1. The minimum absolute atomic E-state index is 0.00363. The average molecular weight is 267 g/mol. The Morgan fingerprint density at radius 2 is 1.89 bits per heavy atom. The number of hydrogen-bond donors (Lipinski definition) is 2. The predicted octanol–water partition coefficient (Wildman–Crippen LogP) is 2.86. The fourth-order valence-electron chi connectivity index (χ4n) is 1.25. The molecule has 0 spiro atoms. The van der Waals surface area contributed by atoms with Gasteiger partial charge in [0, 0.05) is 4.75 Å². The zero-order chi connectivity index (χ0) is 13.8. The SMILES string of the molecule is CC(C)(C)SCC(=O)Nc1ccccc1C(=O)O. The van der Waals surface area contributed by atoms with Crippen molar-refractivity contribution in [2.45, 2.75) is 25.5 Å². The molecule has 1 aromatic rings. The Bertz CT molecular complexity index is 452. The Kier molecular flexibility index (Phi) is 4.78. The number of aromatic carboxylic acids is 1. The lowest BCUT2D eigenvalue weighted by Crippen LogP contribution is -2.20. The summed E-state index contributed by atoms with van der Waals surface area (Å²) in [5, 5.41) is 11.6. The number of carboxylic acid groups (broad SMARTS) is 1. The van der Waals surface area contributed by atoms with Crippen molar-refractivity contribution in [1.29, 1.82) is 0 Å². The van der Waals surface area contributed by atoms with Crippen LogP contribution in [0.4, 0.5) is 5.69 Å². The molecule has 0 saturated heterocycles. The minimum Gasteiger partial charge on any atom is -0.478 e. The number of benzene rings is 1. The normalized spacial score (nSPS) is 11.1. The van der Waals surface area contributed by atoms with Gasteiger partial charge in [0.15, 0.2) is 0 Å². The van der Waals surface area contributed by atoms with Crippen molar-refractivity contribution in [2.75, 3.05) is 11.1 Å². The van der Waals surface area contributed by atoms with Crippen LogP contribution in [0.1, 0.15) is 31.1 Å². The van der Waals surface area contributed by atoms with E-state index in [1.54, 1.807) is 18.2 Å². The number of carbonyl (C=O) groups excluding carboxylic acids is 1. The van der Waals surface area contributed by atoms with Crippen LogP contribution in [0.3, 0.4) is 0 Å². The zero-order valence-electron chi connectivity index (χ0n) is 10.7. The molecule has 0 atom stereocenters. The summed E-state index contributed by atoms with van der Waals surface area (Å²) in [6.45, 7) is 6.07. The maximum absolute atomic E-state index is 11.7. The van der Waals surface area contributed by atoms with Crippen LogP contribution in [0.15, 0.2) is 24.3 Å².